The molecule has 0 unspecified atom stereocenters. The van der Waals surface area contributed by atoms with Crippen LogP contribution in [0.2, 0.25) is 0 Å². The van der Waals surface area contributed by atoms with Gasteiger partial charge < -0.3 is 14.4 Å². The summed E-state index contributed by atoms with van der Waals surface area (Å²) in [5, 5.41) is 0. The first kappa shape index (κ1) is 17.3. The molecule has 2 aromatic carbocycles. The second-order valence-corrected chi connectivity index (χ2v) is 6.38. The molecule has 2 amide bonds. The second kappa shape index (κ2) is 7.25. The fourth-order valence-corrected chi connectivity index (χ4v) is 3.35. The number of hydrogen-bond acceptors (Lipinski definition) is 5. The van der Waals surface area contributed by atoms with E-state index in [0.29, 0.717) is 54.4 Å². The van der Waals surface area contributed by atoms with Crippen molar-refractivity contribution in [3.63, 3.8) is 0 Å². The standard InChI is InChI=1S/C21H20N2O4/c1-26-16-6-4-5-15(13-16)23-20(24)18-8-3-2-7-17(18)19(21(23)25)14-22-9-11-27-12-10-22/h2-8,13-14H,9-12H2,1H3. The predicted molar refractivity (Wildman–Crippen MR) is 102 cm³/mol. The van der Waals surface area contributed by atoms with Gasteiger partial charge in [0.1, 0.15) is 5.75 Å². The van der Waals surface area contributed by atoms with Crippen LogP contribution >= 0.6 is 0 Å². The predicted octanol–water partition coefficient (Wildman–Crippen LogP) is 2.56. The van der Waals surface area contributed by atoms with Crippen LogP contribution in [0.1, 0.15) is 15.9 Å². The lowest BCUT2D eigenvalue weighted by atomic mass is 9.93. The Balaban J connectivity index is 1.81. The summed E-state index contributed by atoms with van der Waals surface area (Å²) in [5.74, 6) is -0.0768. The van der Waals surface area contributed by atoms with Gasteiger partial charge in [-0.2, -0.15) is 0 Å². The van der Waals surface area contributed by atoms with Crippen LogP contribution in [0.25, 0.3) is 5.57 Å². The molecule has 0 bridgehead atoms. The van der Waals surface area contributed by atoms with Gasteiger partial charge in [0.25, 0.3) is 11.8 Å². The van der Waals surface area contributed by atoms with Crippen LogP contribution in [0, 0.1) is 0 Å². The van der Waals surface area contributed by atoms with Crippen molar-refractivity contribution >= 4 is 23.1 Å². The molecule has 1 fully saturated rings. The van der Waals surface area contributed by atoms with Crippen molar-refractivity contribution in [3.8, 4) is 5.75 Å². The fraction of sp³-hybridized carbons (Fsp3) is 0.238. The zero-order valence-corrected chi connectivity index (χ0v) is 15.1. The zero-order chi connectivity index (χ0) is 18.8. The fourth-order valence-electron chi connectivity index (χ4n) is 3.35. The molecule has 2 aliphatic heterocycles. The third kappa shape index (κ3) is 3.19. The Bertz CT molecular complexity index is 916. The summed E-state index contributed by atoms with van der Waals surface area (Å²) in [5.41, 5.74) is 2.18. The highest BCUT2D eigenvalue weighted by molar-refractivity contribution is 6.41. The van der Waals surface area contributed by atoms with Crippen molar-refractivity contribution in [2.24, 2.45) is 0 Å². The van der Waals surface area contributed by atoms with E-state index in [1.807, 2.05) is 24.4 Å². The number of carbonyl (C=O) groups is 2. The molecule has 0 radical (unpaired) electrons. The highest BCUT2D eigenvalue weighted by Gasteiger charge is 2.36. The number of rotatable bonds is 3. The summed E-state index contributed by atoms with van der Waals surface area (Å²) < 4.78 is 10.6. The van der Waals surface area contributed by atoms with Crippen molar-refractivity contribution < 1.29 is 19.1 Å². The van der Waals surface area contributed by atoms with E-state index in [1.54, 1.807) is 37.4 Å². The summed E-state index contributed by atoms with van der Waals surface area (Å²) in [6.45, 7) is 2.67. The van der Waals surface area contributed by atoms with Crippen molar-refractivity contribution in [2.45, 2.75) is 0 Å². The number of nitrogens with zero attached hydrogens (tertiary/aromatic N) is 2. The van der Waals surface area contributed by atoms with Gasteiger partial charge in [-0.05, 0) is 18.2 Å². The molecule has 0 N–H and O–H groups in total. The first-order valence-electron chi connectivity index (χ1n) is 8.85. The van der Waals surface area contributed by atoms with Crippen molar-refractivity contribution in [3.05, 3.63) is 65.9 Å². The van der Waals surface area contributed by atoms with Gasteiger partial charge in [0.15, 0.2) is 0 Å². The maximum Gasteiger partial charge on any atom is 0.267 e. The maximum absolute atomic E-state index is 13.3. The summed E-state index contributed by atoms with van der Waals surface area (Å²) in [6.07, 6.45) is 1.85. The van der Waals surface area contributed by atoms with Gasteiger partial charge in [-0.3, -0.25) is 9.59 Å². The lowest BCUT2D eigenvalue weighted by Gasteiger charge is -2.31. The van der Waals surface area contributed by atoms with Crippen LogP contribution in [-0.4, -0.2) is 50.1 Å². The number of morpholine rings is 1. The monoisotopic (exact) mass is 364 g/mol. The maximum atomic E-state index is 13.3. The smallest absolute Gasteiger partial charge is 0.267 e. The van der Waals surface area contributed by atoms with Crippen LogP contribution in [-0.2, 0) is 9.53 Å². The Labute approximate surface area is 157 Å². The van der Waals surface area contributed by atoms with Gasteiger partial charge in [0, 0.05) is 36.5 Å². The third-order valence-corrected chi connectivity index (χ3v) is 4.75. The van der Waals surface area contributed by atoms with Gasteiger partial charge in [0.05, 0.1) is 31.6 Å². The molecular formula is C21H20N2O4. The van der Waals surface area contributed by atoms with Gasteiger partial charge in [-0.15, -0.1) is 0 Å². The molecule has 1 saturated heterocycles. The molecule has 0 aliphatic carbocycles. The molecule has 0 spiro atoms. The average molecular weight is 364 g/mol. The first-order chi connectivity index (χ1) is 13.2. The summed E-state index contributed by atoms with van der Waals surface area (Å²) >= 11 is 0. The van der Waals surface area contributed by atoms with Crippen molar-refractivity contribution in [1.82, 2.24) is 4.90 Å². The van der Waals surface area contributed by atoms with Crippen LogP contribution in [0.4, 0.5) is 5.69 Å². The van der Waals surface area contributed by atoms with E-state index in [2.05, 4.69) is 4.90 Å². The number of fused-ring (bicyclic) bond motifs is 1. The minimum Gasteiger partial charge on any atom is -0.497 e. The average Bonchev–Trinajstić information content (AvgIpc) is 2.72. The number of carbonyl (C=O) groups excluding carboxylic acids is 2. The summed E-state index contributed by atoms with van der Waals surface area (Å²) in [7, 11) is 1.55. The van der Waals surface area contributed by atoms with Crippen molar-refractivity contribution in [2.75, 3.05) is 38.3 Å². The Kier molecular flexibility index (Phi) is 4.64. The molecule has 0 saturated carbocycles. The largest absolute Gasteiger partial charge is 0.497 e. The van der Waals surface area contributed by atoms with Crippen molar-refractivity contribution in [1.29, 1.82) is 0 Å². The molecule has 0 aromatic heterocycles. The highest BCUT2D eigenvalue weighted by Crippen LogP contribution is 2.33. The molecule has 6 heteroatoms. The van der Waals surface area contributed by atoms with E-state index >= 15 is 0 Å². The molecule has 2 heterocycles. The SMILES string of the molecule is COc1cccc(N2C(=O)C(=CN3CCOCC3)c3ccccc3C2=O)c1. The number of hydrogen-bond donors (Lipinski definition) is 0. The molecule has 6 nitrogen and oxygen atoms in total. The van der Waals surface area contributed by atoms with E-state index in [-0.39, 0.29) is 11.8 Å². The lowest BCUT2D eigenvalue weighted by molar-refractivity contribution is -0.112. The molecule has 0 atom stereocenters. The van der Waals surface area contributed by atoms with Crippen LogP contribution in [0.15, 0.2) is 54.7 Å². The highest BCUT2D eigenvalue weighted by atomic mass is 16.5. The van der Waals surface area contributed by atoms with E-state index in [0.717, 1.165) is 0 Å². The van der Waals surface area contributed by atoms with E-state index in [9.17, 15) is 9.59 Å². The van der Waals surface area contributed by atoms with E-state index in [4.69, 9.17) is 9.47 Å². The van der Waals surface area contributed by atoms with Gasteiger partial charge >= 0.3 is 0 Å². The Hall–Kier alpha value is -3.12. The summed E-state index contributed by atoms with van der Waals surface area (Å²) in [4.78, 5) is 29.7. The number of ether oxygens (including phenoxy) is 2. The minimum atomic E-state index is -0.335. The van der Waals surface area contributed by atoms with Crippen LogP contribution in [0.3, 0.4) is 0 Å². The van der Waals surface area contributed by atoms with E-state index < -0.39 is 0 Å². The molecule has 138 valence electrons. The van der Waals surface area contributed by atoms with Crippen LogP contribution < -0.4 is 9.64 Å². The number of benzene rings is 2. The normalized spacial score (nSPS) is 18.6. The quantitative estimate of drug-likeness (QED) is 0.619. The lowest BCUT2D eigenvalue weighted by Crippen LogP contribution is -2.43. The first-order valence-corrected chi connectivity index (χ1v) is 8.85. The number of methoxy groups -OCH3 is 1. The molecule has 2 aromatic rings. The Morgan fingerprint density at radius 3 is 2.44 bits per heavy atom. The van der Waals surface area contributed by atoms with E-state index in [1.165, 1.54) is 4.90 Å². The molecular weight excluding hydrogens is 344 g/mol. The third-order valence-electron chi connectivity index (χ3n) is 4.75. The topological polar surface area (TPSA) is 59.1 Å². The number of amides is 2. The van der Waals surface area contributed by atoms with Crippen LogP contribution in [0.5, 0.6) is 5.75 Å². The Morgan fingerprint density at radius 1 is 0.963 bits per heavy atom. The van der Waals surface area contributed by atoms with Gasteiger partial charge in [-0.25, -0.2) is 4.90 Å². The zero-order valence-electron chi connectivity index (χ0n) is 15.1. The number of imide groups is 1. The van der Waals surface area contributed by atoms with Gasteiger partial charge in [-0.1, -0.05) is 24.3 Å². The summed E-state index contributed by atoms with van der Waals surface area (Å²) in [6, 6.07) is 14.2. The number of anilines is 1. The minimum absolute atomic E-state index is 0.331. The Morgan fingerprint density at radius 2 is 1.70 bits per heavy atom. The second-order valence-electron chi connectivity index (χ2n) is 6.38. The molecule has 4 rings (SSSR count). The molecule has 27 heavy (non-hydrogen) atoms. The van der Waals surface area contributed by atoms with Gasteiger partial charge in [0.2, 0.25) is 0 Å². The molecule has 2 aliphatic rings.